The van der Waals surface area contributed by atoms with E-state index in [0.717, 1.165) is 62.5 Å². The van der Waals surface area contributed by atoms with Crippen LogP contribution < -0.4 is 29.3 Å². The van der Waals surface area contributed by atoms with Crippen molar-refractivity contribution in [3.8, 4) is 11.6 Å². The zero-order chi connectivity index (χ0) is 47.9. The van der Waals surface area contributed by atoms with Crippen molar-refractivity contribution in [3.05, 3.63) is 99.7 Å². The number of piperidine rings is 1. The van der Waals surface area contributed by atoms with Crippen LogP contribution in [0, 0.1) is 28.4 Å². The van der Waals surface area contributed by atoms with Crippen LogP contribution in [-0.2, 0) is 14.8 Å². The van der Waals surface area contributed by atoms with E-state index in [4.69, 9.17) is 19.2 Å². The fourth-order valence-corrected chi connectivity index (χ4v) is 13.9. The van der Waals surface area contributed by atoms with Crippen LogP contribution in [0.4, 0.5) is 28.4 Å². The highest BCUT2D eigenvalue weighted by molar-refractivity contribution is 7.90. The minimum atomic E-state index is -4.70. The third-order valence-electron chi connectivity index (χ3n) is 16.8. The Balaban J connectivity index is 0.840. The van der Waals surface area contributed by atoms with E-state index in [1.54, 1.807) is 6.07 Å². The van der Waals surface area contributed by atoms with Crippen LogP contribution in [0.1, 0.15) is 98.2 Å². The highest BCUT2D eigenvalue weighted by atomic mass is 32.2. The van der Waals surface area contributed by atoms with Gasteiger partial charge < -0.3 is 39.4 Å². The summed E-state index contributed by atoms with van der Waals surface area (Å²) in [6.07, 6.45) is 11.3. The van der Waals surface area contributed by atoms with Gasteiger partial charge in [-0.3, -0.25) is 19.8 Å². The predicted octanol–water partition coefficient (Wildman–Crippen LogP) is 7.90. The van der Waals surface area contributed by atoms with Crippen LogP contribution in [0.5, 0.6) is 11.6 Å². The topological polar surface area (TPSA) is 205 Å². The molecule has 368 valence electrons. The molecule has 70 heavy (non-hydrogen) atoms. The number of hydrogen-bond donors (Lipinski definition) is 4. The van der Waals surface area contributed by atoms with E-state index in [2.05, 4.69) is 56.0 Å². The van der Waals surface area contributed by atoms with Crippen molar-refractivity contribution in [1.29, 1.82) is 0 Å². The minimum Gasteiger partial charge on any atom is -0.489 e. The van der Waals surface area contributed by atoms with Gasteiger partial charge in [0.1, 0.15) is 24.0 Å². The summed E-state index contributed by atoms with van der Waals surface area (Å²) in [5.74, 6) is -0.373. The molecule has 12 rings (SSSR count). The second-order valence-electron chi connectivity index (χ2n) is 20.8. The normalized spacial score (nSPS) is 26.5. The SMILES string of the molecule is Cc1ccccc1[C@@H]1CCCN1C1CC2(CCN(c3ccc(C(=O)NS(=O)(=O)c4cc5c(c([N+](=O)[O-])c4)N[C@@H](C4CCC(O)CC4)CO5)c(N4c5cc6cc[nH]c6nc5O[C@@H]5CCOC[C@@H]54)c3)CC2)C1. The van der Waals surface area contributed by atoms with Crippen molar-refractivity contribution >= 4 is 55.4 Å². The molecule has 5 aliphatic heterocycles. The number of nitrogens with zero attached hydrogens (tertiary/aromatic N) is 5. The Kier molecular flexibility index (Phi) is 11.4. The smallest absolute Gasteiger partial charge is 0.297 e. The lowest BCUT2D eigenvalue weighted by Crippen LogP contribution is -2.55. The average molecular weight is 973 g/mol. The average Bonchev–Trinajstić information content (AvgIpc) is 4.04. The number of anilines is 4. The van der Waals surface area contributed by atoms with E-state index >= 15 is 0 Å². The summed E-state index contributed by atoms with van der Waals surface area (Å²) in [7, 11) is -4.70. The van der Waals surface area contributed by atoms with E-state index in [9.17, 15) is 28.4 Å². The number of nitro groups is 1. The van der Waals surface area contributed by atoms with Crippen LogP contribution in [-0.4, -0.2) is 109 Å². The number of rotatable bonds is 9. The Labute approximate surface area is 407 Å². The summed E-state index contributed by atoms with van der Waals surface area (Å²) in [5.41, 5.74) is 5.48. The van der Waals surface area contributed by atoms with E-state index in [0.29, 0.717) is 67.5 Å². The molecule has 7 aliphatic rings. The van der Waals surface area contributed by atoms with Gasteiger partial charge in [-0.2, -0.15) is 4.98 Å². The van der Waals surface area contributed by atoms with Crippen molar-refractivity contribution in [2.75, 3.05) is 54.6 Å². The van der Waals surface area contributed by atoms with Crippen LogP contribution in [0.2, 0.25) is 0 Å². The Bertz CT molecular complexity index is 2960. The van der Waals surface area contributed by atoms with E-state index < -0.39 is 31.4 Å². The van der Waals surface area contributed by atoms with Gasteiger partial charge in [-0.1, -0.05) is 24.3 Å². The van der Waals surface area contributed by atoms with E-state index in [-0.39, 0.29) is 59.2 Å². The highest BCUT2D eigenvalue weighted by Gasteiger charge is 2.50. The molecule has 17 nitrogen and oxygen atoms in total. The van der Waals surface area contributed by atoms with Crippen LogP contribution >= 0.6 is 0 Å². The molecule has 5 aromatic rings. The molecule has 0 bridgehead atoms. The van der Waals surface area contributed by atoms with Gasteiger partial charge in [0.2, 0.25) is 5.88 Å². The summed E-state index contributed by atoms with van der Waals surface area (Å²) >= 11 is 0. The molecule has 1 amide bonds. The van der Waals surface area contributed by atoms with Gasteiger partial charge in [0.15, 0.2) is 11.4 Å². The number of nitrogens with one attached hydrogen (secondary N) is 3. The molecule has 5 fully saturated rings. The number of benzene rings is 3. The van der Waals surface area contributed by atoms with Crippen molar-refractivity contribution in [1.82, 2.24) is 19.6 Å². The van der Waals surface area contributed by atoms with Gasteiger partial charge in [-0.15, -0.1) is 0 Å². The number of aliphatic hydroxyl groups excluding tert-OH is 1. The van der Waals surface area contributed by atoms with E-state index in [1.807, 2.05) is 35.4 Å². The highest BCUT2D eigenvalue weighted by Crippen LogP contribution is 2.55. The first-order valence-electron chi connectivity index (χ1n) is 25.1. The molecule has 0 unspecified atom stereocenters. The zero-order valence-electron chi connectivity index (χ0n) is 39.3. The fourth-order valence-electron chi connectivity index (χ4n) is 12.9. The maximum Gasteiger partial charge on any atom is 0.297 e. The summed E-state index contributed by atoms with van der Waals surface area (Å²) in [5, 5.41) is 26.7. The molecular formula is C52H60N8O9S. The maximum absolute atomic E-state index is 14.8. The number of sulfonamides is 1. The number of H-pyrrole nitrogens is 1. The number of pyridine rings is 1. The molecule has 7 heterocycles. The number of ether oxygens (including phenoxy) is 3. The third kappa shape index (κ3) is 8.09. The quantitative estimate of drug-likeness (QED) is 0.0820. The van der Waals surface area contributed by atoms with Crippen LogP contribution in [0.15, 0.2) is 77.8 Å². The molecule has 18 heteroatoms. The molecule has 2 aliphatic carbocycles. The number of aryl methyl sites for hydroxylation is 1. The van der Waals surface area contributed by atoms with Gasteiger partial charge in [0.05, 0.1) is 52.5 Å². The zero-order valence-corrected chi connectivity index (χ0v) is 40.2. The number of hydrogen-bond acceptors (Lipinski definition) is 14. The number of amides is 1. The first-order chi connectivity index (χ1) is 33.9. The van der Waals surface area contributed by atoms with Crippen molar-refractivity contribution in [2.45, 2.75) is 119 Å². The molecule has 4 N–H and O–H groups in total. The first kappa shape index (κ1) is 45.2. The lowest BCUT2D eigenvalue weighted by atomic mass is 9.59. The number of likely N-dealkylation sites (tertiary alicyclic amines) is 1. The number of aromatic nitrogens is 2. The molecule has 3 saturated heterocycles. The lowest BCUT2D eigenvalue weighted by Gasteiger charge is -2.56. The summed E-state index contributed by atoms with van der Waals surface area (Å²) in [6.45, 7) is 6.00. The predicted molar refractivity (Wildman–Crippen MR) is 264 cm³/mol. The largest absolute Gasteiger partial charge is 0.489 e. The summed E-state index contributed by atoms with van der Waals surface area (Å²) in [6, 6.07) is 20.9. The minimum absolute atomic E-state index is 0.0132. The molecule has 2 aromatic heterocycles. The van der Waals surface area contributed by atoms with Crippen LogP contribution in [0.3, 0.4) is 0 Å². The van der Waals surface area contributed by atoms with Gasteiger partial charge in [-0.25, -0.2) is 13.1 Å². The number of carbonyl (C=O) groups is 1. The molecule has 4 atom stereocenters. The van der Waals surface area contributed by atoms with Crippen molar-refractivity contribution < 1.29 is 37.5 Å². The Morgan fingerprint density at radius 1 is 0.957 bits per heavy atom. The second kappa shape index (κ2) is 17.7. The van der Waals surface area contributed by atoms with Gasteiger partial charge in [-0.05, 0) is 130 Å². The maximum atomic E-state index is 14.8. The number of aromatic amines is 1. The summed E-state index contributed by atoms with van der Waals surface area (Å²) in [4.78, 5) is 41.4. The Morgan fingerprint density at radius 2 is 1.77 bits per heavy atom. The van der Waals surface area contributed by atoms with Gasteiger partial charge in [0, 0.05) is 61.0 Å². The third-order valence-corrected chi connectivity index (χ3v) is 18.1. The summed E-state index contributed by atoms with van der Waals surface area (Å²) < 4.78 is 49.6. The van der Waals surface area contributed by atoms with Gasteiger partial charge >= 0.3 is 0 Å². The number of fused-ring (bicyclic) bond motifs is 4. The molecule has 1 spiro atoms. The molecule has 3 aromatic carbocycles. The lowest BCUT2D eigenvalue weighted by molar-refractivity contribution is -0.384. The number of carbonyl (C=O) groups excluding carboxylic acids is 1. The number of aliphatic hydroxyl groups is 1. The molecule has 2 saturated carbocycles. The second-order valence-corrected chi connectivity index (χ2v) is 22.5. The Hall–Kier alpha value is -5.95. The fraction of sp³-hybridized carbons (Fsp3) is 0.500. The van der Waals surface area contributed by atoms with E-state index in [1.165, 1.54) is 42.9 Å². The standard InChI is InChI=1S/C52H60N8O9S/c1-31-5-2-3-6-38(31)41-7-4-19-58(41)35-27-52(28-35)16-20-57(21-17-52)34-10-13-39(42(24-34)59-44-23-33-14-18-53-49(33)55-51(44)69-46-15-22-67-30-45(46)59)50(62)56-70(65,66)37-25-43(60(63)64)48-47(26-37)68-29-40(54-48)32-8-11-36(61)12-9-32/h2-3,5-6,10,13-14,18,23-26,32,35-36,40-41,45-46,54,61H,4,7-9,11-12,15-17,19-22,27-30H2,1H3,(H,53,55)(H,56,62)/t32?,36?,40-,41+,45+,46-/m1/s1. The van der Waals surface area contributed by atoms with Gasteiger partial charge in [0.25, 0.3) is 21.6 Å². The monoisotopic (exact) mass is 972 g/mol. The molecule has 0 radical (unpaired) electrons. The molecular weight excluding hydrogens is 913 g/mol. The van der Waals surface area contributed by atoms with Crippen LogP contribution in [0.25, 0.3) is 11.0 Å². The number of nitro benzene ring substituents is 1. The van der Waals surface area contributed by atoms with Crippen molar-refractivity contribution in [2.24, 2.45) is 11.3 Å². The Morgan fingerprint density at radius 3 is 2.57 bits per heavy atom. The first-order valence-corrected chi connectivity index (χ1v) is 26.6. The van der Waals surface area contributed by atoms with Crippen molar-refractivity contribution in [3.63, 3.8) is 0 Å².